The molecule has 1 rings (SSSR count). The fourth-order valence-electron chi connectivity index (χ4n) is 1.93. The van der Waals surface area contributed by atoms with Crippen molar-refractivity contribution in [1.29, 1.82) is 0 Å². The van der Waals surface area contributed by atoms with Gasteiger partial charge in [0.25, 0.3) is 5.91 Å². The quantitative estimate of drug-likeness (QED) is 0.871. The van der Waals surface area contributed by atoms with Crippen LogP contribution in [0.15, 0.2) is 0 Å². The van der Waals surface area contributed by atoms with Gasteiger partial charge in [0.05, 0.1) is 0 Å². The van der Waals surface area contributed by atoms with E-state index in [0.717, 1.165) is 24.5 Å². The van der Waals surface area contributed by atoms with Crippen molar-refractivity contribution in [2.45, 2.75) is 39.7 Å². The maximum atomic E-state index is 12.4. The lowest BCUT2D eigenvalue weighted by atomic mass is 10.1. The van der Waals surface area contributed by atoms with Gasteiger partial charge in [-0.15, -0.1) is 0 Å². The number of hydrogen-bond acceptors (Lipinski definition) is 5. The van der Waals surface area contributed by atoms with E-state index in [1.165, 1.54) is 11.3 Å². The Morgan fingerprint density at radius 1 is 1.32 bits per heavy atom. The fraction of sp³-hybridized carbons (Fsp3) is 0.692. The predicted octanol–water partition coefficient (Wildman–Crippen LogP) is 2.44. The third-order valence-corrected chi connectivity index (χ3v) is 4.62. The molecule has 0 atom stereocenters. The molecule has 2 N–H and O–H groups in total. The first kappa shape index (κ1) is 15.8. The Bertz CT molecular complexity index is 428. The van der Waals surface area contributed by atoms with E-state index in [9.17, 15) is 4.79 Å². The number of nitrogen functional groups attached to an aromatic ring is 1. The van der Waals surface area contributed by atoms with Crippen molar-refractivity contribution < 1.29 is 4.79 Å². The van der Waals surface area contributed by atoms with Crippen LogP contribution in [-0.4, -0.2) is 42.5 Å². The molecular weight excluding hydrogens is 260 g/mol. The smallest absolute Gasteiger partial charge is 0.267 e. The molecule has 0 unspecified atom stereocenters. The summed E-state index contributed by atoms with van der Waals surface area (Å²) in [5, 5.41) is 0.793. The minimum Gasteiger partial charge on any atom is -0.382 e. The summed E-state index contributed by atoms with van der Waals surface area (Å²) < 4.78 is 0. The number of thiazole rings is 1. The highest BCUT2D eigenvalue weighted by atomic mass is 32.1. The lowest BCUT2D eigenvalue weighted by Crippen LogP contribution is -2.36. The van der Waals surface area contributed by atoms with E-state index >= 15 is 0 Å². The van der Waals surface area contributed by atoms with Crippen LogP contribution in [0.2, 0.25) is 0 Å². The van der Waals surface area contributed by atoms with Gasteiger partial charge in [0.2, 0.25) is 0 Å². The molecule has 19 heavy (non-hydrogen) atoms. The molecule has 0 bridgehead atoms. The predicted molar refractivity (Wildman–Crippen MR) is 81.9 cm³/mol. The van der Waals surface area contributed by atoms with E-state index in [0.29, 0.717) is 10.7 Å². The Kier molecular flexibility index (Phi) is 5.60. The van der Waals surface area contributed by atoms with Crippen molar-refractivity contribution in [1.82, 2.24) is 9.88 Å². The second kappa shape index (κ2) is 6.75. The molecule has 1 aromatic heterocycles. The summed E-state index contributed by atoms with van der Waals surface area (Å²) in [4.78, 5) is 21.0. The van der Waals surface area contributed by atoms with Crippen LogP contribution < -0.4 is 10.6 Å². The van der Waals surface area contributed by atoms with Crippen LogP contribution in [-0.2, 0) is 0 Å². The number of nitrogens with two attached hydrogens (primary N) is 1. The second-order valence-corrected chi connectivity index (χ2v) is 5.59. The van der Waals surface area contributed by atoms with Gasteiger partial charge in [0, 0.05) is 26.7 Å². The Hall–Kier alpha value is -1.30. The van der Waals surface area contributed by atoms with Crippen LogP contribution in [0.25, 0.3) is 0 Å². The highest BCUT2D eigenvalue weighted by Crippen LogP contribution is 2.29. The molecule has 108 valence electrons. The molecule has 1 heterocycles. The van der Waals surface area contributed by atoms with E-state index < -0.39 is 0 Å². The van der Waals surface area contributed by atoms with Crippen LogP contribution >= 0.6 is 11.3 Å². The average Bonchev–Trinajstić information content (AvgIpc) is 2.80. The molecule has 0 aromatic carbocycles. The van der Waals surface area contributed by atoms with Crippen LogP contribution in [0, 0.1) is 0 Å². The molecule has 0 fully saturated rings. The Balaban J connectivity index is 2.96. The summed E-state index contributed by atoms with van der Waals surface area (Å²) in [7, 11) is 3.78. The number of carbonyl (C=O) groups excluding carboxylic acids is 1. The second-order valence-electron chi connectivity index (χ2n) is 4.61. The molecule has 0 saturated carbocycles. The SMILES string of the molecule is CCC(CC)N(C)C(=O)c1sc(N(C)CC)nc1N. The summed E-state index contributed by atoms with van der Waals surface area (Å²) in [6.07, 6.45) is 1.89. The van der Waals surface area contributed by atoms with E-state index in [-0.39, 0.29) is 11.9 Å². The van der Waals surface area contributed by atoms with Gasteiger partial charge in [-0.05, 0) is 19.8 Å². The van der Waals surface area contributed by atoms with Crippen molar-refractivity contribution in [2.75, 3.05) is 31.3 Å². The number of carbonyl (C=O) groups is 1. The van der Waals surface area contributed by atoms with E-state index in [2.05, 4.69) is 18.8 Å². The molecule has 5 nitrogen and oxygen atoms in total. The highest BCUT2D eigenvalue weighted by molar-refractivity contribution is 7.18. The first-order valence-electron chi connectivity index (χ1n) is 6.70. The lowest BCUT2D eigenvalue weighted by molar-refractivity contribution is 0.0729. The molecule has 0 spiro atoms. The summed E-state index contributed by atoms with van der Waals surface area (Å²) in [5.74, 6) is 0.308. The Labute approximate surface area is 119 Å². The molecule has 1 amide bonds. The third kappa shape index (κ3) is 3.37. The standard InChI is InChI=1S/C13H24N4OS/c1-6-9(7-2)17(5)12(18)10-11(14)15-13(19-10)16(4)8-3/h9H,6-8,14H2,1-5H3. The molecule has 6 heteroatoms. The maximum Gasteiger partial charge on any atom is 0.267 e. The summed E-state index contributed by atoms with van der Waals surface area (Å²) in [6, 6.07) is 0.251. The largest absolute Gasteiger partial charge is 0.382 e. The number of rotatable bonds is 6. The van der Waals surface area contributed by atoms with E-state index in [1.807, 2.05) is 25.9 Å². The Morgan fingerprint density at radius 3 is 2.37 bits per heavy atom. The molecule has 1 aromatic rings. The topological polar surface area (TPSA) is 62.5 Å². The molecule has 0 saturated heterocycles. The zero-order chi connectivity index (χ0) is 14.6. The fourth-order valence-corrected chi connectivity index (χ4v) is 2.93. The van der Waals surface area contributed by atoms with Crippen molar-refractivity contribution in [3.63, 3.8) is 0 Å². The molecule has 0 aliphatic heterocycles. The minimum atomic E-state index is -0.0283. The van der Waals surface area contributed by atoms with Gasteiger partial charge in [-0.25, -0.2) is 4.98 Å². The number of amides is 1. The molecule has 0 aliphatic rings. The van der Waals surface area contributed by atoms with Crippen LogP contribution in [0.4, 0.5) is 10.9 Å². The zero-order valence-electron chi connectivity index (χ0n) is 12.4. The summed E-state index contributed by atoms with van der Waals surface area (Å²) in [6.45, 7) is 7.05. The van der Waals surface area contributed by atoms with Gasteiger partial charge in [0.1, 0.15) is 10.7 Å². The minimum absolute atomic E-state index is 0.0283. The molecular formula is C13H24N4OS. The van der Waals surface area contributed by atoms with E-state index in [1.54, 1.807) is 4.90 Å². The van der Waals surface area contributed by atoms with Gasteiger partial charge in [-0.2, -0.15) is 0 Å². The van der Waals surface area contributed by atoms with Crippen LogP contribution in [0.5, 0.6) is 0 Å². The Morgan fingerprint density at radius 2 is 1.89 bits per heavy atom. The summed E-state index contributed by atoms with van der Waals surface area (Å²) >= 11 is 1.37. The van der Waals surface area contributed by atoms with Crippen LogP contribution in [0.3, 0.4) is 0 Å². The highest BCUT2D eigenvalue weighted by Gasteiger charge is 2.24. The number of nitrogens with zero attached hydrogens (tertiary/aromatic N) is 3. The summed E-state index contributed by atoms with van der Waals surface area (Å²) in [5.41, 5.74) is 5.88. The third-order valence-electron chi connectivity index (χ3n) is 3.45. The number of aromatic nitrogens is 1. The number of hydrogen-bond donors (Lipinski definition) is 1. The van der Waals surface area contributed by atoms with Crippen molar-refractivity contribution in [2.24, 2.45) is 0 Å². The maximum absolute atomic E-state index is 12.4. The normalized spacial score (nSPS) is 10.8. The first-order valence-corrected chi connectivity index (χ1v) is 7.52. The van der Waals surface area contributed by atoms with Gasteiger partial charge in [-0.1, -0.05) is 25.2 Å². The lowest BCUT2D eigenvalue weighted by Gasteiger charge is -2.25. The average molecular weight is 284 g/mol. The van der Waals surface area contributed by atoms with Crippen molar-refractivity contribution in [3.05, 3.63) is 4.88 Å². The van der Waals surface area contributed by atoms with Crippen molar-refractivity contribution in [3.8, 4) is 0 Å². The van der Waals surface area contributed by atoms with Gasteiger partial charge >= 0.3 is 0 Å². The van der Waals surface area contributed by atoms with Gasteiger partial charge in [0.15, 0.2) is 5.13 Å². The van der Waals surface area contributed by atoms with E-state index in [4.69, 9.17) is 5.73 Å². The molecule has 0 aliphatic carbocycles. The zero-order valence-corrected chi connectivity index (χ0v) is 13.3. The van der Waals surface area contributed by atoms with Gasteiger partial charge < -0.3 is 15.5 Å². The van der Waals surface area contributed by atoms with Gasteiger partial charge in [-0.3, -0.25) is 4.79 Å². The monoisotopic (exact) mass is 284 g/mol. The molecule has 0 radical (unpaired) electrons. The number of anilines is 2. The van der Waals surface area contributed by atoms with Crippen LogP contribution in [0.1, 0.15) is 43.3 Å². The first-order chi connectivity index (χ1) is 8.96. The van der Waals surface area contributed by atoms with Crippen molar-refractivity contribution >= 4 is 28.2 Å².